The molecule has 0 aliphatic rings. The van der Waals surface area contributed by atoms with Gasteiger partial charge in [-0.05, 0) is 37.6 Å². The van der Waals surface area contributed by atoms with Crippen molar-refractivity contribution < 1.29 is 9.53 Å². The van der Waals surface area contributed by atoms with E-state index in [0.29, 0.717) is 17.3 Å². The summed E-state index contributed by atoms with van der Waals surface area (Å²) in [6.45, 7) is 3.72. The maximum Gasteiger partial charge on any atom is 0.262 e. The van der Waals surface area contributed by atoms with Crippen LogP contribution in [-0.4, -0.2) is 27.1 Å². The standard InChI is InChI=1S/C16H16N4O2/c1-11-8-13(9-20-16(11)17-12(2)19-20)18-15(21)10-22-14-6-4-3-5-7-14/h3-9H,10H2,1-2H3,(H,18,21). The second-order valence-electron chi connectivity index (χ2n) is 4.99. The van der Waals surface area contributed by atoms with Crippen molar-refractivity contribution in [1.29, 1.82) is 0 Å². The number of aromatic nitrogens is 3. The molecule has 6 heteroatoms. The molecule has 1 aromatic carbocycles. The first-order chi connectivity index (χ1) is 10.6. The molecular weight excluding hydrogens is 280 g/mol. The summed E-state index contributed by atoms with van der Waals surface area (Å²) in [7, 11) is 0. The lowest BCUT2D eigenvalue weighted by Gasteiger charge is -2.08. The number of amides is 1. The van der Waals surface area contributed by atoms with Crippen LogP contribution in [0.5, 0.6) is 5.75 Å². The highest BCUT2D eigenvalue weighted by Crippen LogP contribution is 2.15. The van der Waals surface area contributed by atoms with Crippen LogP contribution >= 0.6 is 0 Å². The molecule has 0 aliphatic heterocycles. The van der Waals surface area contributed by atoms with Gasteiger partial charge in [0.15, 0.2) is 12.3 Å². The van der Waals surface area contributed by atoms with Crippen LogP contribution in [0.3, 0.4) is 0 Å². The Kier molecular flexibility index (Phi) is 3.74. The van der Waals surface area contributed by atoms with Crippen molar-refractivity contribution in [2.75, 3.05) is 11.9 Å². The van der Waals surface area contributed by atoms with Gasteiger partial charge < -0.3 is 10.1 Å². The zero-order valence-electron chi connectivity index (χ0n) is 12.4. The number of nitrogens with zero attached hydrogens (tertiary/aromatic N) is 3. The number of aryl methyl sites for hydroxylation is 2. The number of hydrogen-bond donors (Lipinski definition) is 1. The number of hydrogen-bond acceptors (Lipinski definition) is 4. The normalized spacial score (nSPS) is 10.6. The Morgan fingerprint density at radius 2 is 2.05 bits per heavy atom. The molecule has 112 valence electrons. The summed E-state index contributed by atoms with van der Waals surface area (Å²) in [5.41, 5.74) is 2.40. The van der Waals surface area contributed by atoms with Crippen molar-refractivity contribution in [3.8, 4) is 5.75 Å². The molecule has 0 unspecified atom stereocenters. The van der Waals surface area contributed by atoms with Crippen molar-refractivity contribution >= 4 is 17.2 Å². The van der Waals surface area contributed by atoms with Crippen molar-refractivity contribution in [3.63, 3.8) is 0 Å². The molecule has 0 saturated heterocycles. The Morgan fingerprint density at radius 3 is 2.82 bits per heavy atom. The van der Waals surface area contributed by atoms with Crippen LogP contribution in [0.25, 0.3) is 5.65 Å². The van der Waals surface area contributed by atoms with Gasteiger partial charge in [-0.25, -0.2) is 9.50 Å². The van der Waals surface area contributed by atoms with Gasteiger partial charge in [-0.1, -0.05) is 18.2 Å². The predicted molar refractivity (Wildman–Crippen MR) is 83.0 cm³/mol. The number of carbonyl (C=O) groups is 1. The van der Waals surface area contributed by atoms with Gasteiger partial charge in [0, 0.05) is 0 Å². The van der Waals surface area contributed by atoms with Crippen LogP contribution in [0, 0.1) is 13.8 Å². The maximum absolute atomic E-state index is 12.0. The molecular formula is C16H16N4O2. The van der Waals surface area contributed by atoms with E-state index in [1.54, 1.807) is 10.7 Å². The molecule has 0 saturated carbocycles. The molecule has 2 heterocycles. The quantitative estimate of drug-likeness (QED) is 0.802. The highest BCUT2D eigenvalue weighted by Gasteiger charge is 2.08. The highest BCUT2D eigenvalue weighted by atomic mass is 16.5. The fourth-order valence-electron chi connectivity index (χ4n) is 2.19. The van der Waals surface area contributed by atoms with Crippen LogP contribution in [0.2, 0.25) is 0 Å². The average Bonchev–Trinajstić information content (AvgIpc) is 2.87. The second-order valence-corrected chi connectivity index (χ2v) is 4.99. The fourth-order valence-corrected chi connectivity index (χ4v) is 2.19. The molecule has 6 nitrogen and oxygen atoms in total. The third kappa shape index (κ3) is 3.06. The topological polar surface area (TPSA) is 68.5 Å². The minimum absolute atomic E-state index is 0.0442. The minimum Gasteiger partial charge on any atom is -0.484 e. The van der Waals surface area contributed by atoms with Gasteiger partial charge in [0.05, 0.1) is 11.9 Å². The summed E-state index contributed by atoms with van der Waals surface area (Å²) in [6, 6.07) is 11.1. The molecule has 22 heavy (non-hydrogen) atoms. The van der Waals surface area contributed by atoms with Crippen molar-refractivity contribution in [2.45, 2.75) is 13.8 Å². The number of rotatable bonds is 4. The van der Waals surface area contributed by atoms with Gasteiger partial charge in [-0.2, -0.15) is 5.10 Å². The van der Waals surface area contributed by atoms with Gasteiger partial charge in [-0.15, -0.1) is 0 Å². The summed E-state index contributed by atoms with van der Waals surface area (Å²) >= 11 is 0. The summed E-state index contributed by atoms with van der Waals surface area (Å²) < 4.78 is 7.08. The third-order valence-electron chi connectivity index (χ3n) is 3.12. The van der Waals surface area contributed by atoms with Crippen LogP contribution in [0.15, 0.2) is 42.6 Å². The Hall–Kier alpha value is -2.89. The molecule has 0 radical (unpaired) electrons. The van der Waals surface area contributed by atoms with Crippen LogP contribution in [0.4, 0.5) is 5.69 Å². The summed E-state index contributed by atoms with van der Waals surface area (Å²) in [6.07, 6.45) is 1.74. The lowest BCUT2D eigenvalue weighted by atomic mass is 10.3. The van der Waals surface area contributed by atoms with Crippen LogP contribution in [0.1, 0.15) is 11.4 Å². The minimum atomic E-state index is -0.223. The Bertz CT molecular complexity index is 812. The van der Waals surface area contributed by atoms with E-state index in [2.05, 4.69) is 15.4 Å². The van der Waals surface area contributed by atoms with Crippen molar-refractivity contribution in [3.05, 3.63) is 54.0 Å². The van der Waals surface area contributed by atoms with E-state index in [1.807, 2.05) is 50.2 Å². The van der Waals surface area contributed by atoms with E-state index < -0.39 is 0 Å². The van der Waals surface area contributed by atoms with Gasteiger partial charge in [0.1, 0.15) is 11.6 Å². The number of para-hydroxylation sites is 1. The van der Waals surface area contributed by atoms with Crippen LogP contribution in [-0.2, 0) is 4.79 Å². The van der Waals surface area contributed by atoms with E-state index in [0.717, 1.165) is 11.2 Å². The van der Waals surface area contributed by atoms with E-state index in [4.69, 9.17) is 4.74 Å². The van der Waals surface area contributed by atoms with Crippen molar-refractivity contribution in [1.82, 2.24) is 14.6 Å². The first-order valence-electron chi connectivity index (χ1n) is 6.93. The number of carbonyl (C=O) groups excluding carboxylic acids is 1. The van der Waals surface area contributed by atoms with E-state index in [9.17, 15) is 4.79 Å². The molecule has 0 atom stereocenters. The fraction of sp³-hybridized carbons (Fsp3) is 0.188. The van der Waals surface area contributed by atoms with Gasteiger partial charge >= 0.3 is 0 Å². The molecule has 0 bridgehead atoms. The number of fused-ring (bicyclic) bond motifs is 1. The number of pyridine rings is 1. The zero-order chi connectivity index (χ0) is 15.5. The lowest BCUT2D eigenvalue weighted by Crippen LogP contribution is -2.20. The summed E-state index contributed by atoms with van der Waals surface area (Å²) in [5.74, 6) is 1.13. The highest BCUT2D eigenvalue weighted by molar-refractivity contribution is 5.92. The summed E-state index contributed by atoms with van der Waals surface area (Å²) in [4.78, 5) is 16.3. The Labute approximate surface area is 127 Å². The molecule has 3 aromatic rings. The molecule has 0 spiro atoms. The first kappa shape index (κ1) is 14.1. The molecule has 1 amide bonds. The number of nitrogens with one attached hydrogen (secondary N) is 1. The third-order valence-corrected chi connectivity index (χ3v) is 3.12. The largest absolute Gasteiger partial charge is 0.484 e. The van der Waals surface area contributed by atoms with Crippen molar-refractivity contribution in [2.24, 2.45) is 0 Å². The summed E-state index contributed by atoms with van der Waals surface area (Å²) in [5, 5.41) is 7.06. The molecule has 2 aromatic heterocycles. The van der Waals surface area contributed by atoms with Gasteiger partial charge in [-0.3, -0.25) is 4.79 Å². The number of ether oxygens (including phenoxy) is 1. The predicted octanol–water partition coefficient (Wildman–Crippen LogP) is 2.36. The lowest BCUT2D eigenvalue weighted by molar-refractivity contribution is -0.118. The zero-order valence-corrected chi connectivity index (χ0v) is 12.4. The second kappa shape index (κ2) is 5.85. The molecule has 3 rings (SSSR count). The maximum atomic E-state index is 12.0. The molecule has 0 fully saturated rings. The average molecular weight is 296 g/mol. The van der Waals surface area contributed by atoms with Gasteiger partial charge in [0.2, 0.25) is 0 Å². The van der Waals surface area contributed by atoms with Crippen LogP contribution < -0.4 is 10.1 Å². The van der Waals surface area contributed by atoms with Gasteiger partial charge in [0.25, 0.3) is 5.91 Å². The Morgan fingerprint density at radius 1 is 1.27 bits per heavy atom. The Balaban J connectivity index is 1.68. The SMILES string of the molecule is Cc1nc2c(C)cc(NC(=O)COc3ccccc3)cn2n1. The van der Waals surface area contributed by atoms with E-state index >= 15 is 0 Å². The number of benzene rings is 1. The molecule has 1 N–H and O–H groups in total. The smallest absolute Gasteiger partial charge is 0.262 e. The number of anilines is 1. The van der Waals surface area contributed by atoms with E-state index in [-0.39, 0.29) is 12.5 Å². The first-order valence-corrected chi connectivity index (χ1v) is 6.93. The van der Waals surface area contributed by atoms with E-state index in [1.165, 1.54) is 0 Å². The molecule has 0 aliphatic carbocycles. The monoisotopic (exact) mass is 296 g/mol.